The molecule has 0 radical (unpaired) electrons. The van der Waals surface area contributed by atoms with Crippen LogP contribution in [0.5, 0.6) is 11.5 Å². The highest BCUT2D eigenvalue weighted by Crippen LogP contribution is 2.36. The molecule has 0 unspecified atom stereocenters. The summed E-state index contributed by atoms with van der Waals surface area (Å²) in [5.74, 6) is -1.27. The van der Waals surface area contributed by atoms with Crippen molar-refractivity contribution < 1.29 is 14.2 Å². The molecular formula is C8H9BrFNO2. The lowest BCUT2D eigenvalue weighted by Crippen LogP contribution is -2.00. The molecule has 0 amide bonds. The van der Waals surface area contributed by atoms with Crippen LogP contribution in [0.3, 0.4) is 0 Å². The number of hydrogen-bond acceptors (Lipinski definition) is 3. The summed E-state index contributed by atoms with van der Waals surface area (Å²) in [6.07, 6.45) is 0. The molecule has 1 aromatic rings. The molecular weight excluding hydrogens is 241 g/mol. The van der Waals surface area contributed by atoms with Gasteiger partial charge in [-0.2, -0.15) is 4.39 Å². The van der Waals surface area contributed by atoms with E-state index in [2.05, 4.69) is 15.9 Å². The molecule has 0 atom stereocenters. The Balaban J connectivity index is 3.37. The summed E-state index contributed by atoms with van der Waals surface area (Å²) in [4.78, 5) is 0. The number of halogens is 2. The van der Waals surface area contributed by atoms with Gasteiger partial charge in [0.15, 0.2) is 11.5 Å². The fourth-order valence-electron chi connectivity index (χ4n) is 0.983. The Morgan fingerprint density at radius 1 is 1.69 bits per heavy atom. The minimum absolute atomic E-state index is 0.0188. The van der Waals surface area contributed by atoms with E-state index < -0.39 is 11.6 Å². The third-order valence-corrected chi connectivity index (χ3v) is 2.24. The molecule has 0 aromatic heterocycles. The van der Waals surface area contributed by atoms with Gasteiger partial charge < -0.3 is 15.6 Å². The van der Waals surface area contributed by atoms with Crippen LogP contribution < -0.4 is 10.5 Å². The van der Waals surface area contributed by atoms with Crippen molar-refractivity contribution in [1.82, 2.24) is 0 Å². The van der Waals surface area contributed by atoms with E-state index in [9.17, 15) is 9.50 Å². The SMILES string of the molecule is COc1c(Br)cc(CN)c(O)c1F. The highest BCUT2D eigenvalue weighted by atomic mass is 79.9. The van der Waals surface area contributed by atoms with Gasteiger partial charge in [0.05, 0.1) is 11.6 Å². The number of phenols is 1. The Hall–Kier alpha value is -0.810. The standard InChI is InChI=1S/C8H9BrFNO2/c1-13-8-5(9)2-4(3-11)7(12)6(8)10/h2,12H,3,11H2,1H3. The van der Waals surface area contributed by atoms with E-state index in [-0.39, 0.29) is 12.3 Å². The molecule has 3 N–H and O–H groups in total. The summed E-state index contributed by atoms with van der Waals surface area (Å²) in [5.41, 5.74) is 5.63. The van der Waals surface area contributed by atoms with Gasteiger partial charge in [0.2, 0.25) is 5.82 Å². The first-order valence-corrected chi connectivity index (χ1v) is 4.35. The maximum Gasteiger partial charge on any atom is 0.208 e. The number of aromatic hydroxyl groups is 1. The van der Waals surface area contributed by atoms with E-state index in [1.54, 1.807) is 0 Å². The zero-order chi connectivity index (χ0) is 10.0. The van der Waals surface area contributed by atoms with Crippen LogP contribution in [-0.2, 0) is 6.54 Å². The topological polar surface area (TPSA) is 55.5 Å². The predicted molar refractivity (Wildman–Crippen MR) is 50.2 cm³/mol. The molecule has 0 aliphatic carbocycles. The van der Waals surface area contributed by atoms with Gasteiger partial charge in [-0.05, 0) is 22.0 Å². The lowest BCUT2D eigenvalue weighted by molar-refractivity contribution is 0.360. The second-order valence-corrected chi connectivity index (χ2v) is 3.27. The van der Waals surface area contributed by atoms with E-state index in [0.717, 1.165) is 0 Å². The Morgan fingerprint density at radius 3 is 2.77 bits per heavy atom. The van der Waals surface area contributed by atoms with Crippen LogP contribution in [0, 0.1) is 5.82 Å². The average molecular weight is 250 g/mol. The molecule has 0 aliphatic rings. The van der Waals surface area contributed by atoms with Gasteiger partial charge in [0, 0.05) is 12.1 Å². The van der Waals surface area contributed by atoms with Crippen molar-refractivity contribution in [2.24, 2.45) is 5.73 Å². The fraction of sp³-hybridized carbons (Fsp3) is 0.250. The van der Waals surface area contributed by atoms with E-state index in [1.807, 2.05) is 0 Å². The Morgan fingerprint density at radius 2 is 2.31 bits per heavy atom. The number of hydrogen-bond donors (Lipinski definition) is 2. The predicted octanol–water partition coefficient (Wildman–Crippen LogP) is 1.76. The molecule has 5 heteroatoms. The van der Waals surface area contributed by atoms with Crippen LogP contribution in [0.4, 0.5) is 4.39 Å². The van der Waals surface area contributed by atoms with Gasteiger partial charge >= 0.3 is 0 Å². The first-order chi connectivity index (χ1) is 6.11. The molecule has 0 aliphatic heterocycles. The Bertz CT molecular complexity index is 330. The minimum atomic E-state index is -0.794. The molecule has 13 heavy (non-hydrogen) atoms. The zero-order valence-electron chi connectivity index (χ0n) is 6.97. The number of ether oxygens (including phenoxy) is 1. The highest BCUT2D eigenvalue weighted by molar-refractivity contribution is 9.10. The van der Waals surface area contributed by atoms with Gasteiger partial charge in [-0.25, -0.2) is 0 Å². The van der Waals surface area contributed by atoms with Crippen molar-refractivity contribution in [3.05, 3.63) is 21.9 Å². The van der Waals surface area contributed by atoms with Crippen molar-refractivity contribution in [2.75, 3.05) is 7.11 Å². The van der Waals surface area contributed by atoms with Gasteiger partial charge in [0.25, 0.3) is 0 Å². The molecule has 0 saturated heterocycles. The molecule has 1 rings (SSSR count). The monoisotopic (exact) mass is 249 g/mol. The summed E-state index contributed by atoms with van der Waals surface area (Å²) >= 11 is 3.10. The van der Waals surface area contributed by atoms with E-state index >= 15 is 0 Å². The van der Waals surface area contributed by atoms with Gasteiger partial charge in [-0.3, -0.25) is 0 Å². The number of phenolic OH excluding ortho intramolecular Hbond substituents is 1. The van der Waals surface area contributed by atoms with Crippen molar-refractivity contribution in [3.63, 3.8) is 0 Å². The molecule has 3 nitrogen and oxygen atoms in total. The van der Waals surface area contributed by atoms with Gasteiger partial charge in [-0.1, -0.05) is 0 Å². The van der Waals surface area contributed by atoms with Crippen LogP contribution >= 0.6 is 15.9 Å². The van der Waals surface area contributed by atoms with Crippen molar-refractivity contribution in [2.45, 2.75) is 6.54 Å². The van der Waals surface area contributed by atoms with Gasteiger partial charge in [-0.15, -0.1) is 0 Å². The lowest BCUT2D eigenvalue weighted by atomic mass is 10.2. The zero-order valence-corrected chi connectivity index (χ0v) is 8.56. The minimum Gasteiger partial charge on any atom is -0.504 e. The number of methoxy groups -OCH3 is 1. The first kappa shape index (κ1) is 10.3. The highest BCUT2D eigenvalue weighted by Gasteiger charge is 2.15. The average Bonchev–Trinajstić information content (AvgIpc) is 2.12. The molecule has 0 fully saturated rings. The molecule has 0 saturated carbocycles. The molecule has 0 bridgehead atoms. The van der Waals surface area contributed by atoms with Crippen molar-refractivity contribution >= 4 is 15.9 Å². The summed E-state index contributed by atoms with van der Waals surface area (Å²) < 4.78 is 18.4. The summed E-state index contributed by atoms with van der Waals surface area (Å²) in [5, 5.41) is 9.28. The first-order valence-electron chi connectivity index (χ1n) is 3.55. The van der Waals surface area contributed by atoms with E-state index in [1.165, 1.54) is 13.2 Å². The van der Waals surface area contributed by atoms with Crippen LogP contribution in [0.1, 0.15) is 5.56 Å². The normalized spacial score (nSPS) is 10.2. The van der Waals surface area contributed by atoms with E-state index in [0.29, 0.717) is 10.0 Å². The van der Waals surface area contributed by atoms with Crippen molar-refractivity contribution in [3.8, 4) is 11.5 Å². The van der Waals surface area contributed by atoms with Crippen LogP contribution in [0.2, 0.25) is 0 Å². The third kappa shape index (κ3) is 1.76. The second-order valence-electron chi connectivity index (χ2n) is 2.42. The lowest BCUT2D eigenvalue weighted by Gasteiger charge is -2.09. The molecule has 1 aromatic carbocycles. The van der Waals surface area contributed by atoms with Gasteiger partial charge in [0.1, 0.15) is 0 Å². The molecule has 72 valence electrons. The third-order valence-electron chi connectivity index (χ3n) is 1.65. The maximum atomic E-state index is 13.2. The molecule has 0 spiro atoms. The van der Waals surface area contributed by atoms with E-state index in [4.69, 9.17) is 10.5 Å². The largest absolute Gasteiger partial charge is 0.504 e. The number of rotatable bonds is 2. The van der Waals surface area contributed by atoms with Crippen LogP contribution in [0.25, 0.3) is 0 Å². The van der Waals surface area contributed by atoms with Crippen molar-refractivity contribution in [1.29, 1.82) is 0 Å². The second kappa shape index (κ2) is 3.93. The summed E-state index contributed by atoms with van der Waals surface area (Å²) in [7, 11) is 1.32. The smallest absolute Gasteiger partial charge is 0.208 e. The fourth-order valence-corrected chi connectivity index (χ4v) is 1.60. The van der Waals surface area contributed by atoms with Crippen LogP contribution in [0.15, 0.2) is 10.5 Å². The summed E-state index contributed by atoms with van der Waals surface area (Å²) in [6.45, 7) is 0.0747. The maximum absolute atomic E-state index is 13.2. The summed E-state index contributed by atoms with van der Waals surface area (Å²) in [6, 6.07) is 1.53. The quantitative estimate of drug-likeness (QED) is 0.840. The molecule has 0 heterocycles. The Kier molecular flexibility index (Phi) is 3.11. The number of nitrogens with two attached hydrogens (primary N) is 1. The van der Waals surface area contributed by atoms with Crippen LogP contribution in [-0.4, -0.2) is 12.2 Å². The number of benzene rings is 1. The Labute approximate surface area is 83.4 Å².